The molecule has 0 heterocycles. The van der Waals surface area contributed by atoms with E-state index in [4.69, 9.17) is 9.59 Å². The van der Waals surface area contributed by atoms with Crippen LogP contribution in [0.15, 0.2) is 0 Å². The van der Waals surface area contributed by atoms with Gasteiger partial charge >= 0.3 is 19.5 Å². The second kappa shape index (κ2) is 24.4. The summed E-state index contributed by atoms with van der Waals surface area (Å²) in [6.07, 6.45) is 4.77. The zero-order valence-electron chi connectivity index (χ0n) is 22.3. The molecule has 0 saturated carbocycles. The molecule has 0 spiro atoms. The minimum atomic E-state index is 0. The van der Waals surface area contributed by atoms with Crippen LogP contribution < -0.4 is 0 Å². The normalized spacial score (nSPS) is 14.6. The van der Waals surface area contributed by atoms with Crippen LogP contribution in [0.3, 0.4) is 0 Å². The fraction of sp³-hybridized carbons (Fsp3) is 0.917. The summed E-state index contributed by atoms with van der Waals surface area (Å²) < 4.78 is 0. The Morgan fingerprint density at radius 1 is 0.645 bits per heavy atom. The van der Waals surface area contributed by atoms with E-state index in [1.165, 1.54) is 0 Å². The molecule has 0 rings (SSSR count). The van der Waals surface area contributed by atoms with Crippen LogP contribution in [0.25, 0.3) is 21.3 Å². The van der Waals surface area contributed by atoms with Crippen LogP contribution in [0.2, 0.25) is 0 Å². The standard InChI is InChI=1S/2C11H24N2.2CHO.Ru/c2*1-7-9(3)13-10(12-6)11(4,5)8-2;2*1-2;/h2*9-10H,7-8H2,1-6H3;2*1H;/q2*-2;2*-1;+6. The Balaban J connectivity index is -0.000000122. The Kier molecular flexibility index (Phi) is 32.4. The molecule has 0 aromatic heterocycles. The first-order chi connectivity index (χ1) is 13.9. The van der Waals surface area contributed by atoms with E-state index in [-0.39, 0.29) is 42.6 Å². The van der Waals surface area contributed by atoms with Gasteiger partial charge in [0, 0.05) is 0 Å². The van der Waals surface area contributed by atoms with E-state index in [1.54, 1.807) is 0 Å². The molecule has 6 nitrogen and oxygen atoms in total. The Morgan fingerprint density at radius 3 is 1.00 bits per heavy atom. The average Bonchev–Trinajstić information content (AvgIpc) is 2.77. The van der Waals surface area contributed by atoms with Crippen molar-refractivity contribution in [1.29, 1.82) is 0 Å². The predicted molar refractivity (Wildman–Crippen MR) is 134 cm³/mol. The van der Waals surface area contributed by atoms with Gasteiger partial charge in [-0.3, -0.25) is 13.6 Å². The zero-order valence-corrected chi connectivity index (χ0v) is 24.0. The van der Waals surface area contributed by atoms with E-state index in [0.29, 0.717) is 12.1 Å². The molecule has 0 amide bonds. The van der Waals surface area contributed by atoms with Gasteiger partial charge in [-0.25, -0.2) is 12.3 Å². The van der Waals surface area contributed by atoms with E-state index in [9.17, 15) is 0 Å². The van der Waals surface area contributed by atoms with Gasteiger partial charge in [0.1, 0.15) is 0 Å². The third kappa shape index (κ3) is 20.2. The maximum absolute atomic E-state index is 7.75. The third-order valence-corrected chi connectivity index (χ3v) is 5.68. The van der Waals surface area contributed by atoms with Gasteiger partial charge in [-0.05, 0) is 0 Å². The molecule has 0 saturated heterocycles. The second-order valence-electron chi connectivity index (χ2n) is 8.76. The summed E-state index contributed by atoms with van der Waals surface area (Å²) in [5.74, 6) is 0. The van der Waals surface area contributed by atoms with Crippen molar-refractivity contribution in [2.24, 2.45) is 10.8 Å². The van der Waals surface area contributed by atoms with Crippen LogP contribution in [0, 0.1) is 10.8 Å². The van der Waals surface area contributed by atoms with E-state index >= 15 is 0 Å². The fourth-order valence-corrected chi connectivity index (χ4v) is 2.29. The summed E-state index contributed by atoms with van der Waals surface area (Å²) in [6.45, 7) is 28.5. The van der Waals surface area contributed by atoms with Crippen LogP contribution in [0.1, 0.15) is 94.9 Å². The molecule has 0 fully saturated rings. The first-order valence-corrected chi connectivity index (χ1v) is 11.0. The van der Waals surface area contributed by atoms with Gasteiger partial charge in [-0.1, -0.05) is 106 Å². The van der Waals surface area contributed by atoms with Crippen LogP contribution in [-0.4, -0.2) is 52.1 Å². The topological polar surface area (TPSA) is 90.5 Å². The predicted octanol–water partition coefficient (Wildman–Crippen LogP) is 7.30. The van der Waals surface area contributed by atoms with E-state index < -0.39 is 0 Å². The van der Waals surface area contributed by atoms with Crippen molar-refractivity contribution in [2.45, 2.75) is 119 Å². The Bertz CT molecular complexity index is 337. The van der Waals surface area contributed by atoms with Crippen molar-refractivity contribution in [1.82, 2.24) is 0 Å². The number of hydrogen-bond donors (Lipinski definition) is 0. The molecule has 31 heavy (non-hydrogen) atoms. The Hall–Kier alpha value is -0.197. The van der Waals surface area contributed by atoms with Crippen molar-refractivity contribution in [2.75, 3.05) is 14.1 Å². The first kappa shape index (κ1) is 41.1. The molecule has 4 atom stereocenters. The molecule has 4 unspecified atom stereocenters. The SMILES string of the molecule is CCC(C)[N-]C([N-]C)C(C)(C)CC.CCC(C)[N-]C([N-]C)C(C)(C)CC.[CH-]=O.[CH-]=O.[Ru+6]. The molecule has 0 aromatic carbocycles. The van der Waals surface area contributed by atoms with Gasteiger partial charge in [0.05, 0.1) is 0 Å². The van der Waals surface area contributed by atoms with Crippen molar-refractivity contribution >= 4 is 13.6 Å². The van der Waals surface area contributed by atoms with E-state index in [0.717, 1.165) is 25.7 Å². The number of carbonyl (C=O) groups excluding carboxylic acids is 2. The quantitative estimate of drug-likeness (QED) is 0.151. The van der Waals surface area contributed by atoms with Gasteiger partial charge in [0.15, 0.2) is 0 Å². The van der Waals surface area contributed by atoms with Crippen LogP contribution in [0.5, 0.6) is 0 Å². The van der Waals surface area contributed by atoms with Crippen molar-refractivity contribution in [3.8, 4) is 0 Å². The molecule has 186 valence electrons. The van der Waals surface area contributed by atoms with Gasteiger partial charge in [0.2, 0.25) is 0 Å². The third-order valence-electron chi connectivity index (χ3n) is 5.68. The summed E-state index contributed by atoms with van der Waals surface area (Å²) in [5.41, 5.74) is 0.413. The monoisotopic (exact) mass is 528 g/mol. The summed E-state index contributed by atoms with van der Waals surface area (Å²) in [7, 11) is 3.74. The van der Waals surface area contributed by atoms with Crippen LogP contribution >= 0.6 is 0 Å². The first-order valence-electron chi connectivity index (χ1n) is 11.0. The van der Waals surface area contributed by atoms with Gasteiger partial charge in [-0.15, -0.1) is 12.1 Å². The molecule has 7 heteroatoms. The number of hydrogen-bond acceptors (Lipinski definition) is 2. The minimum Gasteiger partial charge on any atom is -0.680 e. The minimum absolute atomic E-state index is 0. The van der Waals surface area contributed by atoms with Crippen molar-refractivity contribution < 1.29 is 29.1 Å². The molecule has 0 aromatic rings. The fourth-order valence-electron chi connectivity index (χ4n) is 2.29. The second-order valence-corrected chi connectivity index (χ2v) is 8.76. The maximum Gasteiger partial charge on any atom is 6.00 e. The molecule has 0 aliphatic heterocycles. The van der Waals surface area contributed by atoms with E-state index in [2.05, 4.69) is 104 Å². The molecule has 0 N–H and O–H groups in total. The molecule has 0 aliphatic carbocycles. The largest absolute Gasteiger partial charge is 6.00 e. The number of nitrogens with zero attached hydrogens (tertiary/aromatic N) is 4. The van der Waals surface area contributed by atoms with Gasteiger partial charge < -0.3 is 30.9 Å². The Morgan fingerprint density at radius 2 is 0.871 bits per heavy atom. The molecular formula is C24H50N4O2Ru. The van der Waals surface area contributed by atoms with Crippen molar-refractivity contribution in [3.63, 3.8) is 0 Å². The van der Waals surface area contributed by atoms with Gasteiger partial charge in [0.25, 0.3) is 0 Å². The zero-order chi connectivity index (χ0) is 25.0. The van der Waals surface area contributed by atoms with Crippen LogP contribution in [-0.2, 0) is 29.1 Å². The Labute approximate surface area is 208 Å². The van der Waals surface area contributed by atoms with Gasteiger partial charge in [-0.2, -0.15) is 14.1 Å². The summed E-state index contributed by atoms with van der Waals surface area (Å²) in [4.78, 5) is 15.5. The maximum atomic E-state index is 7.75. The molecule has 0 bridgehead atoms. The summed E-state index contributed by atoms with van der Waals surface area (Å²) in [5, 5.41) is 18.1. The summed E-state index contributed by atoms with van der Waals surface area (Å²) in [6, 6.07) is 0.860. The number of rotatable bonds is 12. The summed E-state index contributed by atoms with van der Waals surface area (Å²) >= 11 is 0. The molecule has 0 aliphatic rings. The molecular weight excluding hydrogens is 477 g/mol. The smallest absolute Gasteiger partial charge is 0.680 e. The average molecular weight is 528 g/mol. The van der Waals surface area contributed by atoms with E-state index in [1.807, 2.05) is 14.1 Å². The van der Waals surface area contributed by atoms with Crippen molar-refractivity contribution in [3.05, 3.63) is 21.3 Å². The van der Waals surface area contributed by atoms with Crippen LogP contribution in [0.4, 0.5) is 0 Å². The molecule has 0 radical (unpaired) electrons.